The molecule has 108 valence electrons. The van der Waals surface area contributed by atoms with Crippen molar-refractivity contribution < 1.29 is 14.6 Å². The van der Waals surface area contributed by atoms with E-state index in [-0.39, 0.29) is 18.6 Å². The molecular weight excluding hydrogens is 254 g/mol. The van der Waals surface area contributed by atoms with E-state index in [9.17, 15) is 4.79 Å². The van der Waals surface area contributed by atoms with Crippen LogP contribution >= 0.6 is 0 Å². The van der Waals surface area contributed by atoms with Crippen LogP contribution < -0.4 is 5.32 Å². The topological polar surface area (TPSA) is 58.6 Å². The number of aliphatic hydroxyl groups is 1. The zero-order valence-corrected chi connectivity index (χ0v) is 12.0. The van der Waals surface area contributed by atoms with Gasteiger partial charge < -0.3 is 15.2 Å². The first-order chi connectivity index (χ1) is 9.67. The standard InChI is InChI=1S/C16H21NO3/c1-3-20-11-9-16(19)17-13(2)15-8-4-6-14(12-15)7-5-10-18/h4,6,8,12-13,18H,3,9-11H2,1-2H3,(H,17,19). The summed E-state index contributed by atoms with van der Waals surface area (Å²) in [6.07, 6.45) is 0.363. The second-order valence-corrected chi connectivity index (χ2v) is 4.32. The van der Waals surface area contributed by atoms with Crippen molar-refractivity contribution in [3.63, 3.8) is 0 Å². The number of aliphatic hydroxyl groups excluding tert-OH is 1. The molecule has 1 atom stereocenters. The molecule has 0 aliphatic heterocycles. The van der Waals surface area contributed by atoms with Gasteiger partial charge in [0, 0.05) is 18.6 Å². The van der Waals surface area contributed by atoms with Crippen LogP contribution in [-0.4, -0.2) is 30.8 Å². The van der Waals surface area contributed by atoms with Gasteiger partial charge in [-0.25, -0.2) is 0 Å². The molecular formula is C16H21NO3. The molecule has 1 unspecified atom stereocenters. The fourth-order valence-corrected chi connectivity index (χ4v) is 1.73. The minimum absolute atomic E-state index is 0.0298. The molecule has 0 aliphatic rings. The minimum Gasteiger partial charge on any atom is -0.384 e. The highest BCUT2D eigenvalue weighted by molar-refractivity contribution is 5.76. The summed E-state index contributed by atoms with van der Waals surface area (Å²) in [5.41, 5.74) is 1.81. The number of hydrogen-bond donors (Lipinski definition) is 2. The van der Waals surface area contributed by atoms with E-state index in [4.69, 9.17) is 9.84 Å². The van der Waals surface area contributed by atoms with Gasteiger partial charge in [0.05, 0.1) is 12.6 Å². The molecule has 0 saturated carbocycles. The smallest absolute Gasteiger partial charge is 0.222 e. The highest BCUT2D eigenvalue weighted by Crippen LogP contribution is 2.13. The zero-order valence-electron chi connectivity index (χ0n) is 12.0. The first-order valence-corrected chi connectivity index (χ1v) is 6.74. The summed E-state index contributed by atoms with van der Waals surface area (Å²) in [6.45, 7) is 4.73. The second kappa shape index (κ2) is 9.13. The van der Waals surface area contributed by atoms with Gasteiger partial charge in [0.2, 0.25) is 5.91 Å². The fraction of sp³-hybridized carbons (Fsp3) is 0.438. The first kappa shape index (κ1) is 16.2. The lowest BCUT2D eigenvalue weighted by atomic mass is 10.1. The van der Waals surface area contributed by atoms with Crippen molar-refractivity contribution in [3.05, 3.63) is 35.4 Å². The molecule has 0 aromatic heterocycles. The molecule has 0 spiro atoms. The molecule has 0 saturated heterocycles. The third-order valence-corrected chi connectivity index (χ3v) is 2.75. The molecule has 0 bridgehead atoms. The summed E-state index contributed by atoms with van der Waals surface area (Å²) in [4.78, 5) is 11.7. The normalized spacial score (nSPS) is 11.3. The molecule has 1 amide bonds. The molecule has 0 heterocycles. The number of carbonyl (C=O) groups excluding carboxylic acids is 1. The van der Waals surface area contributed by atoms with Crippen molar-refractivity contribution in [2.45, 2.75) is 26.3 Å². The number of amides is 1. The predicted molar refractivity (Wildman–Crippen MR) is 78.1 cm³/mol. The van der Waals surface area contributed by atoms with Crippen molar-refractivity contribution in [2.75, 3.05) is 19.8 Å². The Balaban J connectivity index is 2.58. The van der Waals surface area contributed by atoms with Crippen LogP contribution in [0, 0.1) is 11.8 Å². The fourth-order valence-electron chi connectivity index (χ4n) is 1.73. The van der Waals surface area contributed by atoms with Gasteiger partial charge >= 0.3 is 0 Å². The van der Waals surface area contributed by atoms with Crippen molar-refractivity contribution in [1.82, 2.24) is 5.32 Å². The third-order valence-electron chi connectivity index (χ3n) is 2.75. The van der Waals surface area contributed by atoms with Crippen LogP contribution in [0.1, 0.15) is 37.4 Å². The molecule has 0 radical (unpaired) electrons. The molecule has 4 heteroatoms. The van der Waals surface area contributed by atoms with Crippen LogP contribution in [0.4, 0.5) is 0 Å². The van der Waals surface area contributed by atoms with E-state index >= 15 is 0 Å². The molecule has 0 aliphatic carbocycles. The Kier molecular flexibility index (Phi) is 7.41. The van der Waals surface area contributed by atoms with Crippen LogP contribution in [0.2, 0.25) is 0 Å². The lowest BCUT2D eigenvalue weighted by Crippen LogP contribution is -2.27. The lowest BCUT2D eigenvalue weighted by molar-refractivity contribution is -0.122. The monoisotopic (exact) mass is 275 g/mol. The van der Waals surface area contributed by atoms with Gasteiger partial charge in [-0.1, -0.05) is 24.0 Å². The Morgan fingerprint density at radius 2 is 2.30 bits per heavy atom. The minimum atomic E-state index is -0.159. The maximum absolute atomic E-state index is 11.7. The maximum atomic E-state index is 11.7. The number of ether oxygens (including phenoxy) is 1. The summed E-state index contributed by atoms with van der Waals surface area (Å²) in [6, 6.07) is 7.53. The van der Waals surface area contributed by atoms with E-state index in [0.29, 0.717) is 19.6 Å². The summed E-state index contributed by atoms with van der Waals surface area (Å²) >= 11 is 0. The Morgan fingerprint density at radius 1 is 1.50 bits per heavy atom. The first-order valence-electron chi connectivity index (χ1n) is 6.74. The molecule has 1 aromatic carbocycles. The number of benzene rings is 1. The van der Waals surface area contributed by atoms with Gasteiger partial charge in [-0.2, -0.15) is 0 Å². The quantitative estimate of drug-likeness (QED) is 0.613. The largest absolute Gasteiger partial charge is 0.384 e. The Labute approximate surface area is 120 Å². The van der Waals surface area contributed by atoms with Crippen LogP contribution in [0.15, 0.2) is 24.3 Å². The number of carbonyl (C=O) groups is 1. The maximum Gasteiger partial charge on any atom is 0.222 e. The van der Waals surface area contributed by atoms with Gasteiger partial charge in [-0.15, -0.1) is 0 Å². The highest BCUT2D eigenvalue weighted by Gasteiger charge is 2.09. The van der Waals surface area contributed by atoms with E-state index < -0.39 is 0 Å². The van der Waals surface area contributed by atoms with Gasteiger partial charge in [0.25, 0.3) is 0 Å². The average molecular weight is 275 g/mol. The number of hydrogen-bond acceptors (Lipinski definition) is 3. The van der Waals surface area contributed by atoms with Crippen LogP contribution in [-0.2, 0) is 9.53 Å². The molecule has 1 aromatic rings. The Morgan fingerprint density at radius 3 is 3.00 bits per heavy atom. The van der Waals surface area contributed by atoms with E-state index in [2.05, 4.69) is 17.2 Å². The van der Waals surface area contributed by atoms with Crippen molar-refractivity contribution in [1.29, 1.82) is 0 Å². The van der Waals surface area contributed by atoms with Crippen molar-refractivity contribution in [3.8, 4) is 11.8 Å². The molecule has 1 rings (SSSR count). The Hall–Kier alpha value is -1.83. The van der Waals surface area contributed by atoms with Gasteiger partial charge in [0.15, 0.2) is 0 Å². The predicted octanol–water partition coefficient (Wildman–Crippen LogP) is 1.63. The van der Waals surface area contributed by atoms with Gasteiger partial charge in [0.1, 0.15) is 6.61 Å². The SMILES string of the molecule is CCOCCC(=O)NC(C)c1cccc(C#CCO)c1. The Bertz CT molecular complexity index is 488. The second-order valence-electron chi connectivity index (χ2n) is 4.32. The van der Waals surface area contributed by atoms with Crippen LogP contribution in [0.3, 0.4) is 0 Å². The van der Waals surface area contributed by atoms with Gasteiger partial charge in [-0.05, 0) is 31.5 Å². The van der Waals surface area contributed by atoms with Crippen molar-refractivity contribution in [2.24, 2.45) is 0 Å². The van der Waals surface area contributed by atoms with Crippen LogP contribution in [0.5, 0.6) is 0 Å². The summed E-state index contributed by atoms with van der Waals surface area (Å²) in [7, 11) is 0. The van der Waals surface area contributed by atoms with Crippen molar-refractivity contribution >= 4 is 5.91 Å². The third kappa shape index (κ3) is 5.87. The van der Waals surface area contributed by atoms with E-state index in [1.54, 1.807) is 0 Å². The molecule has 4 nitrogen and oxygen atoms in total. The summed E-state index contributed by atoms with van der Waals surface area (Å²) in [5.74, 6) is 5.43. The summed E-state index contributed by atoms with van der Waals surface area (Å²) in [5, 5.41) is 11.6. The average Bonchev–Trinajstić information content (AvgIpc) is 2.45. The van der Waals surface area contributed by atoms with E-state index in [1.807, 2.05) is 38.1 Å². The molecule has 0 fully saturated rings. The number of nitrogens with one attached hydrogen (secondary N) is 1. The lowest BCUT2D eigenvalue weighted by Gasteiger charge is -2.14. The van der Waals surface area contributed by atoms with Gasteiger partial charge in [-0.3, -0.25) is 4.79 Å². The van der Waals surface area contributed by atoms with E-state index in [1.165, 1.54) is 0 Å². The van der Waals surface area contributed by atoms with Crippen LogP contribution in [0.25, 0.3) is 0 Å². The molecule has 2 N–H and O–H groups in total. The van der Waals surface area contributed by atoms with E-state index in [0.717, 1.165) is 11.1 Å². The zero-order chi connectivity index (χ0) is 14.8. The summed E-state index contributed by atoms with van der Waals surface area (Å²) < 4.78 is 5.15. The molecule has 20 heavy (non-hydrogen) atoms. The highest BCUT2D eigenvalue weighted by atomic mass is 16.5. The number of rotatable bonds is 6.